The van der Waals surface area contributed by atoms with Gasteiger partial charge in [-0.1, -0.05) is 24.3 Å². The smallest absolute Gasteiger partial charge is 0.399 e. The van der Waals surface area contributed by atoms with Crippen LogP contribution in [0.5, 0.6) is 0 Å². The Morgan fingerprint density at radius 2 is 2.10 bits per heavy atom. The van der Waals surface area contributed by atoms with Crippen LogP contribution in [0.15, 0.2) is 58.6 Å². The maximum atomic E-state index is 13.1. The van der Waals surface area contributed by atoms with E-state index >= 15 is 0 Å². The number of aryl methyl sites for hydroxylation is 1. The molecule has 0 radical (unpaired) electrons. The van der Waals surface area contributed by atoms with E-state index < -0.39 is 28.7 Å². The summed E-state index contributed by atoms with van der Waals surface area (Å²) >= 11 is 5.93. The lowest BCUT2D eigenvalue weighted by Gasteiger charge is -2.38. The van der Waals surface area contributed by atoms with E-state index in [2.05, 4.69) is 11.7 Å². The lowest BCUT2D eigenvalue weighted by Crippen LogP contribution is -2.49. The van der Waals surface area contributed by atoms with Crippen LogP contribution in [0.2, 0.25) is 0 Å². The second-order valence-corrected chi connectivity index (χ2v) is 7.17. The topological polar surface area (TPSA) is 93.4 Å². The molecule has 1 amide bonds. The molecule has 0 saturated carbocycles. The highest BCUT2D eigenvalue weighted by molar-refractivity contribution is 6.35. The van der Waals surface area contributed by atoms with Crippen LogP contribution in [0.1, 0.15) is 20.3 Å². The number of halogens is 4. The molecule has 0 fully saturated rings. The normalized spacial score (nSPS) is 19.0. The minimum atomic E-state index is -4.67. The van der Waals surface area contributed by atoms with E-state index in [1.807, 2.05) is 0 Å². The highest BCUT2D eigenvalue weighted by Crippen LogP contribution is 2.34. The summed E-state index contributed by atoms with van der Waals surface area (Å²) in [4.78, 5) is 14.4. The Balaban J connectivity index is 2.36. The first-order valence-electron chi connectivity index (χ1n) is 9.00. The lowest BCUT2D eigenvalue weighted by atomic mass is 10.0. The molecule has 0 spiro atoms. The second-order valence-electron chi connectivity index (χ2n) is 6.80. The van der Waals surface area contributed by atoms with Crippen molar-refractivity contribution in [1.82, 2.24) is 14.7 Å². The summed E-state index contributed by atoms with van der Waals surface area (Å²) in [5, 5.41) is 4.88. The van der Waals surface area contributed by atoms with Crippen LogP contribution in [-0.2, 0) is 11.8 Å². The fourth-order valence-corrected chi connectivity index (χ4v) is 3.27. The van der Waals surface area contributed by atoms with Crippen molar-refractivity contribution in [3.8, 4) is 0 Å². The number of carbonyl (C=O) groups is 1. The molecule has 164 valence electrons. The van der Waals surface area contributed by atoms with Crippen LogP contribution in [0.3, 0.4) is 0 Å². The van der Waals surface area contributed by atoms with Gasteiger partial charge in [0.25, 0.3) is 5.91 Å². The number of hydrogen-bond donors (Lipinski definition) is 2. The predicted octanol–water partition coefficient (Wildman–Crippen LogP) is 3.08. The number of carbonyl (C=O) groups excluding carboxylic acids is 1. The zero-order valence-corrected chi connectivity index (χ0v) is 17.6. The van der Waals surface area contributed by atoms with Gasteiger partial charge < -0.3 is 10.6 Å². The molecule has 0 bridgehead atoms. The maximum Gasteiger partial charge on any atom is 0.413 e. The molecular weight excluding hydrogens is 421 g/mol. The number of amides is 1. The molecule has 2 heterocycles. The maximum absolute atomic E-state index is 13.1. The molecule has 1 aliphatic rings. The average molecular weight is 445 g/mol. The number of aromatic nitrogens is 2. The minimum absolute atomic E-state index is 0.181. The van der Waals surface area contributed by atoms with Crippen molar-refractivity contribution in [3.63, 3.8) is 0 Å². The molecule has 1 aromatic rings. The van der Waals surface area contributed by atoms with E-state index in [-0.39, 0.29) is 18.5 Å². The second kappa shape index (κ2) is 8.97. The summed E-state index contributed by atoms with van der Waals surface area (Å²) in [5.74, 6) is 5.93. The Morgan fingerprint density at radius 1 is 1.47 bits per heavy atom. The first-order chi connectivity index (χ1) is 13.9. The molecule has 1 unspecified atom stereocenters. The number of nitrogens with zero attached hydrogens (tertiary/aromatic N) is 4. The van der Waals surface area contributed by atoms with E-state index in [9.17, 15) is 18.0 Å². The van der Waals surface area contributed by atoms with Gasteiger partial charge in [0.1, 0.15) is 0 Å². The van der Waals surface area contributed by atoms with Crippen molar-refractivity contribution < 1.29 is 18.0 Å². The summed E-state index contributed by atoms with van der Waals surface area (Å²) in [7, 11) is 1.74. The van der Waals surface area contributed by atoms with Crippen molar-refractivity contribution in [3.05, 3.63) is 58.6 Å². The number of allylic oxidation sites excluding steroid dienone is 3. The Bertz CT molecular complexity index is 931. The monoisotopic (exact) mass is 444 g/mol. The van der Waals surface area contributed by atoms with Gasteiger partial charge in [0.15, 0.2) is 5.82 Å². The van der Waals surface area contributed by atoms with Crippen molar-refractivity contribution in [2.24, 2.45) is 18.6 Å². The zero-order chi connectivity index (χ0) is 22.8. The van der Waals surface area contributed by atoms with E-state index in [0.717, 1.165) is 13.0 Å². The Morgan fingerprint density at radius 3 is 2.60 bits per heavy atom. The van der Waals surface area contributed by atoms with E-state index in [4.69, 9.17) is 23.2 Å². The summed E-state index contributed by atoms with van der Waals surface area (Å²) in [5.41, 5.74) is 5.76. The van der Waals surface area contributed by atoms with E-state index in [1.165, 1.54) is 16.0 Å². The van der Waals surface area contributed by atoms with Gasteiger partial charge in [0.05, 0.1) is 28.0 Å². The van der Waals surface area contributed by atoms with Gasteiger partial charge in [-0.15, -0.1) is 0 Å². The fourth-order valence-electron chi connectivity index (χ4n) is 3.02. The van der Waals surface area contributed by atoms with Gasteiger partial charge >= 0.3 is 6.18 Å². The summed E-state index contributed by atoms with van der Waals surface area (Å²) in [6.07, 6.45) is -0.292. The molecule has 7 nitrogen and oxygen atoms in total. The standard InChI is InChI=1S/C19H24ClF3N6O/c1-5-6-13(16(20)11(2)19(21,22)23)18(30)28-10-7-14(17(24)12(28)3)29(25)15-8-9-27(4)26-15/h5-6,8-9,12H,1,7,10,24-25H2,2-4H3/b13-6+,16-11-. The third-order valence-electron chi connectivity index (χ3n) is 4.84. The minimum Gasteiger partial charge on any atom is -0.399 e. The number of nitrogens with two attached hydrogens (primary N) is 2. The average Bonchev–Trinajstić information content (AvgIpc) is 3.11. The van der Waals surface area contributed by atoms with Gasteiger partial charge in [-0.3, -0.25) is 14.5 Å². The van der Waals surface area contributed by atoms with Crippen LogP contribution in [0.25, 0.3) is 0 Å². The van der Waals surface area contributed by atoms with Gasteiger partial charge in [-0.25, -0.2) is 5.84 Å². The molecule has 1 atom stereocenters. The zero-order valence-electron chi connectivity index (χ0n) is 16.9. The highest BCUT2D eigenvalue weighted by atomic mass is 35.5. The molecule has 11 heteroatoms. The molecule has 0 aliphatic carbocycles. The third kappa shape index (κ3) is 4.71. The molecule has 1 aliphatic heterocycles. The first-order valence-corrected chi connectivity index (χ1v) is 9.38. The van der Waals surface area contributed by atoms with Crippen LogP contribution >= 0.6 is 11.6 Å². The number of rotatable bonds is 5. The van der Waals surface area contributed by atoms with Crippen molar-refractivity contribution >= 4 is 23.3 Å². The van der Waals surface area contributed by atoms with Gasteiger partial charge in [-0.2, -0.15) is 18.3 Å². The molecule has 0 saturated heterocycles. The molecule has 30 heavy (non-hydrogen) atoms. The largest absolute Gasteiger partial charge is 0.413 e. The Kier molecular flexibility index (Phi) is 7.04. The van der Waals surface area contributed by atoms with Crippen molar-refractivity contribution in [2.75, 3.05) is 11.6 Å². The van der Waals surface area contributed by atoms with Gasteiger partial charge in [0, 0.05) is 37.8 Å². The summed E-state index contributed by atoms with van der Waals surface area (Å²) in [6, 6.07) is 1.08. The molecule has 4 N–H and O–H groups in total. The highest BCUT2D eigenvalue weighted by Gasteiger charge is 2.37. The molecular formula is C19H24ClF3N6O. The molecule has 0 aromatic carbocycles. The van der Waals surface area contributed by atoms with Gasteiger partial charge in [0.2, 0.25) is 0 Å². The fraction of sp³-hybridized carbons (Fsp3) is 0.368. The molecule has 1 aromatic heterocycles. The Labute approximate surface area is 177 Å². The quantitative estimate of drug-likeness (QED) is 0.315. The lowest BCUT2D eigenvalue weighted by molar-refractivity contribution is -0.128. The van der Waals surface area contributed by atoms with Crippen LogP contribution in [0.4, 0.5) is 19.0 Å². The van der Waals surface area contributed by atoms with Crippen LogP contribution in [-0.4, -0.2) is 39.4 Å². The number of hydrogen-bond acceptors (Lipinski definition) is 5. The number of anilines is 1. The van der Waals surface area contributed by atoms with E-state index in [0.29, 0.717) is 17.2 Å². The summed E-state index contributed by atoms with van der Waals surface area (Å²) < 4.78 is 40.8. The Hall–Kier alpha value is -2.72. The summed E-state index contributed by atoms with van der Waals surface area (Å²) in [6.45, 7) is 6.12. The van der Waals surface area contributed by atoms with Crippen molar-refractivity contribution in [2.45, 2.75) is 32.5 Å². The first kappa shape index (κ1) is 23.6. The van der Waals surface area contributed by atoms with Crippen LogP contribution < -0.4 is 16.6 Å². The van der Waals surface area contributed by atoms with E-state index in [1.54, 1.807) is 30.9 Å². The van der Waals surface area contributed by atoms with Crippen LogP contribution in [0, 0.1) is 0 Å². The van der Waals surface area contributed by atoms with Crippen molar-refractivity contribution in [1.29, 1.82) is 0 Å². The number of alkyl halides is 3. The predicted molar refractivity (Wildman–Crippen MR) is 110 cm³/mol. The number of hydrazine groups is 1. The van der Waals surface area contributed by atoms with Gasteiger partial charge in [-0.05, 0) is 19.9 Å². The third-order valence-corrected chi connectivity index (χ3v) is 5.33. The SMILES string of the molecule is C=C/C=C(C(=O)N1CCC(N(N)c2ccn(C)n2)=C(N)C1C)\C(Cl)=C(/C)C(F)(F)F. The molecule has 2 rings (SSSR count).